The number of esters is 1. The van der Waals surface area contributed by atoms with Crippen LogP contribution in [-0.4, -0.2) is 57.8 Å². The Labute approximate surface area is 210 Å². The van der Waals surface area contributed by atoms with Crippen molar-refractivity contribution in [2.45, 2.75) is 51.2 Å². The molecule has 0 radical (unpaired) electrons. The maximum atomic E-state index is 12.0. The minimum absolute atomic E-state index is 0.211. The molecule has 1 saturated heterocycles. The fourth-order valence-electron chi connectivity index (χ4n) is 3.98. The molecule has 0 amide bonds. The Morgan fingerprint density at radius 2 is 1.66 bits per heavy atom. The molecule has 2 atom stereocenters. The van der Waals surface area contributed by atoms with Crippen LogP contribution in [0.5, 0.6) is 0 Å². The van der Waals surface area contributed by atoms with Gasteiger partial charge in [0.2, 0.25) is 0 Å². The van der Waals surface area contributed by atoms with E-state index in [4.69, 9.17) is 9.47 Å². The van der Waals surface area contributed by atoms with Gasteiger partial charge in [0.1, 0.15) is 18.2 Å². The second-order valence-electron chi connectivity index (χ2n) is 8.37. The predicted octanol–water partition coefficient (Wildman–Crippen LogP) is 5.61. The first-order valence-corrected chi connectivity index (χ1v) is 12.1. The third kappa shape index (κ3) is 9.30. The van der Waals surface area contributed by atoms with Crippen molar-refractivity contribution in [1.82, 2.24) is 4.90 Å². The van der Waals surface area contributed by atoms with Crippen LogP contribution in [0.25, 0.3) is 11.1 Å². The van der Waals surface area contributed by atoms with Crippen molar-refractivity contribution in [2.75, 3.05) is 34.4 Å². The monoisotopic (exact) mass is 483 g/mol. The van der Waals surface area contributed by atoms with Gasteiger partial charge < -0.3 is 14.2 Å². The number of methoxy groups -OCH3 is 2. The highest BCUT2D eigenvalue weighted by atomic mass is 16.5. The minimum Gasteiger partial charge on any atom is -0.468 e. The van der Waals surface area contributed by atoms with Crippen LogP contribution in [0, 0.1) is 0 Å². The second-order valence-corrected chi connectivity index (χ2v) is 8.37. The molecule has 1 unspecified atom stereocenters. The largest absolute Gasteiger partial charge is 0.468 e. The van der Waals surface area contributed by atoms with Gasteiger partial charge in [-0.15, -0.1) is 0 Å². The summed E-state index contributed by atoms with van der Waals surface area (Å²) in [5, 5.41) is 0. The predicted molar refractivity (Wildman–Crippen MR) is 141 cm³/mol. The van der Waals surface area contributed by atoms with Crippen LogP contribution in [-0.2, 0) is 29.4 Å². The van der Waals surface area contributed by atoms with E-state index in [1.807, 2.05) is 30.1 Å². The molecule has 0 aliphatic carbocycles. The van der Waals surface area contributed by atoms with Crippen LogP contribution < -0.4 is 0 Å². The zero-order chi connectivity index (χ0) is 26.1. The van der Waals surface area contributed by atoms with Crippen molar-refractivity contribution in [3.63, 3.8) is 0 Å². The quantitative estimate of drug-likeness (QED) is 0.200. The lowest BCUT2D eigenvalue weighted by atomic mass is 9.89. The van der Waals surface area contributed by atoms with E-state index >= 15 is 0 Å². The van der Waals surface area contributed by atoms with Crippen molar-refractivity contribution in [1.29, 1.82) is 0 Å². The molecule has 3 rings (SSSR count). The Kier molecular flexibility index (Phi) is 14.3. The molecule has 2 aromatic rings. The molecule has 192 valence electrons. The maximum absolute atomic E-state index is 12.0. The highest BCUT2D eigenvalue weighted by Gasteiger charge is 2.47. The van der Waals surface area contributed by atoms with Crippen LogP contribution in [0.15, 0.2) is 67.3 Å². The molecule has 0 aromatic heterocycles. The van der Waals surface area contributed by atoms with E-state index in [1.54, 1.807) is 7.11 Å². The molecule has 2 aromatic carbocycles. The van der Waals surface area contributed by atoms with Crippen LogP contribution in [0.4, 0.5) is 0 Å². The standard InChI is InChI=1S/C20H23NO3.C5H12.C4H6O2/c1-21-14-20(24-3,13-18(21)19(22)23-2)17-11-9-16(10-12-17)15-7-5-4-6-8-15;1-3-5-4-2;1-2-3-6-4-5/h4-12,18H,13-14H2,1-3H3;3-5H2,1-2H3;2,4H,1,3H2/t18?,20-;;/m0../s1. The number of likely N-dealkylation sites (tertiary alicyclic amines) is 1. The van der Waals surface area contributed by atoms with Crippen molar-refractivity contribution >= 4 is 12.4 Å². The normalized spacial score (nSPS) is 18.8. The van der Waals surface area contributed by atoms with E-state index in [0.29, 0.717) is 26.0 Å². The van der Waals surface area contributed by atoms with Crippen LogP contribution in [0.2, 0.25) is 0 Å². The van der Waals surface area contributed by atoms with Gasteiger partial charge >= 0.3 is 5.97 Å². The summed E-state index contributed by atoms with van der Waals surface area (Å²) in [4.78, 5) is 23.3. The fourth-order valence-corrected chi connectivity index (χ4v) is 3.98. The Morgan fingerprint density at radius 3 is 2.09 bits per heavy atom. The lowest BCUT2D eigenvalue weighted by Crippen LogP contribution is -2.33. The zero-order valence-corrected chi connectivity index (χ0v) is 21.9. The first kappa shape index (κ1) is 30.1. The molecular formula is C29H41NO5. The summed E-state index contributed by atoms with van der Waals surface area (Å²) in [7, 11) is 5.07. The Hall–Kier alpha value is -2.96. The van der Waals surface area contributed by atoms with Crippen LogP contribution >= 0.6 is 0 Å². The number of ether oxygens (including phenoxy) is 3. The van der Waals surface area contributed by atoms with E-state index in [2.05, 4.69) is 61.6 Å². The molecule has 6 nitrogen and oxygen atoms in total. The van der Waals surface area contributed by atoms with Gasteiger partial charge in [-0.25, -0.2) is 0 Å². The number of hydrogen-bond acceptors (Lipinski definition) is 6. The van der Waals surface area contributed by atoms with Crippen LogP contribution in [0.1, 0.15) is 45.1 Å². The van der Waals surface area contributed by atoms with Crippen molar-refractivity contribution < 1.29 is 23.8 Å². The number of unbranched alkanes of at least 4 members (excludes halogenated alkanes) is 2. The number of hydrogen-bond donors (Lipinski definition) is 0. The van der Waals surface area contributed by atoms with Gasteiger partial charge in [-0.2, -0.15) is 0 Å². The first-order chi connectivity index (χ1) is 16.9. The molecule has 0 N–H and O–H groups in total. The Balaban J connectivity index is 0.000000467. The van der Waals surface area contributed by atoms with Crippen molar-refractivity contribution in [2.24, 2.45) is 0 Å². The number of benzene rings is 2. The maximum Gasteiger partial charge on any atom is 0.323 e. The number of likely N-dealkylation sites (N-methyl/N-ethyl adjacent to an activating group) is 1. The Morgan fingerprint density at radius 1 is 1.06 bits per heavy atom. The van der Waals surface area contributed by atoms with E-state index in [0.717, 1.165) is 5.56 Å². The topological polar surface area (TPSA) is 65.1 Å². The third-order valence-electron chi connectivity index (χ3n) is 5.93. The van der Waals surface area contributed by atoms with Gasteiger partial charge in [-0.05, 0) is 23.7 Å². The first-order valence-electron chi connectivity index (χ1n) is 12.1. The average Bonchev–Trinajstić information content (AvgIpc) is 3.26. The smallest absolute Gasteiger partial charge is 0.323 e. The van der Waals surface area contributed by atoms with Gasteiger partial charge in [-0.3, -0.25) is 14.5 Å². The SMILES string of the molecule is C=CCOC=O.CCCCC.COC(=O)C1C[C@@](OC)(c2ccc(-c3ccccc3)cc2)CN1C. The minimum atomic E-state index is -0.483. The van der Waals surface area contributed by atoms with Gasteiger partial charge in [0.15, 0.2) is 0 Å². The van der Waals surface area contributed by atoms with Gasteiger partial charge in [0.05, 0.1) is 7.11 Å². The molecule has 1 aliphatic heterocycles. The molecule has 0 bridgehead atoms. The van der Waals surface area contributed by atoms with E-state index in [-0.39, 0.29) is 12.0 Å². The van der Waals surface area contributed by atoms with Gasteiger partial charge in [0, 0.05) is 20.1 Å². The summed E-state index contributed by atoms with van der Waals surface area (Å²) >= 11 is 0. The highest BCUT2D eigenvalue weighted by Crippen LogP contribution is 2.39. The molecule has 1 fully saturated rings. The zero-order valence-electron chi connectivity index (χ0n) is 21.9. The molecule has 0 spiro atoms. The van der Waals surface area contributed by atoms with E-state index < -0.39 is 5.60 Å². The molecular weight excluding hydrogens is 442 g/mol. The number of carbonyl (C=O) groups is 2. The van der Waals surface area contributed by atoms with Crippen LogP contribution in [0.3, 0.4) is 0 Å². The summed E-state index contributed by atoms with van der Waals surface area (Å²) in [5.74, 6) is -0.211. The molecule has 35 heavy (non-hydrogen) atoms. The number of rotatable bonds is 9. The number of nitrogens with zero attached hydrogens (tertiary/aromatic N) is 1. The summed E-state index contributed by atoms with van der Waals surface area (Å²) in [5.41, 5.74) is 2.96. The summed E-state index contributed by atoms with van der Waals surface area (Å²) < 4.78 is 15.0. The lowest BCUT2D eigenvalue weighted by molar-refractivity contribution is -0.145. The Bertz CT molecular complexity index is 858. The average molecular weight is 484 g/mol. The summed E-state index contributed by atoms with van der Waals surface area (Å²) in [6, 6.07) is 18.4. The fraction of sp³-hybridized carbons (Fsp3) is 0.448. The molecule has 0 saturated carbocycles. The molecule has 1 aliphatic rings. The second kappa shape index (κ2) is 16.6. The van der Waals surface area contributed by atoms with Crippen molar-refractivity contribution in [3.05, 3.63) is 72.8 Å². The van der Waals surface area contributed by atoms with E-state index in [9.17, 15) is 9.59 Å². The van der Waals surface area contributed by atoms with Gasteiger partial charge in [-0.1, -0.05) is 100 Å². The number of carbonyl (C=O) groups excluding carboxylic acids is 2. The summed E-state index contributed by atoms with van der Waals surface area (Å²) in [6.07, 6.45) is 6.18. The lowest BCUT2D eigenvalue weighted by Gasteiger charge is -2.28. The van der Waals surface area contributed by atoms with E-state index in [1.165, 1.54) is 43.6 Å². The van der Waals surface area contributed by atoms with Crippen molar-refractivity contribution in [3.8, 4) is 11.1 Å². The highest BCUT2D eigenvalue weighted by molar-refractivity contribution is 5.76. The summed E-state index contributed by atoms with van der Waals surface area (Å²) in [6.45, 7) is 9.10. The molecule has 6 heteroatoms. The third-order valence-corrected chi connectivity index (χ3v) is 5.93. The van der Waals surface area contributed by atoms with Gasteiger partial charge in [0.25, 0.3) is 6.47 Å². The molecule has 1 heterocycles.